The number of hydrogen-bond acceptors (Lipinski definition) is 3. The number of hydrazone groups is 1. The van der Waals surface area contributed by atoms with Crippen LogP contribution in [-0.4, -0.2) is 11.6 Å². The van der Waals surface area contributed by atoms with Crippen molar-refractivity contribution >= 4 is 11.6 Å². The molecule has 0 unspecified atom stereocenters. The van der Waals surface area contributed by atoms with Crippen LogP contribution in [0.5, 0.6) is 0 Å². The predicted octanol–water partition coefficient (Wildman–Crippen LogP) is 3.87. The lowest BCUT2D eigenvalue weighted by molar-refractivity contribution is 0.0955. The monoisotopic (exact) mass is 284 g/mol. The molecule has 0 bridgehead atoms. The number of benzene rings is 1. The molecule has 110 valence electrons. The Morgan fingerprint density at radius 1 is 1.14 bits per heavy atom. The Morgan fingerprint density at radius 3 is 2.33 bits per heavy atom. The number of nitrogens with one attached hydrogen (secondary N) is 1. The topological polar surface area (TPSA) is 54.6 Å². The lowest BCUT2D eigenvalue weighted by Crippen LogP contribution is -2.19. The third-order valence-electron chi connectivity index (χ3n) is 3.26. The quantitative estimate of drug-likeness (QED) is 0.684. The molecule has 1 aromatic heterocycles. The fraction of sp³-hybridized carbons (Fsp3) is 0.294. The van der Waals surface area contributed by atoms with Gasteiger partial charge < -0.3 is 4.42 Å². The summed E-state index contributed by atoms with van der Waals surface area (Å²) in [5, 5.41) is 4.06. The van der Waals surface area contributed by atoms with Crippen molar-refractivity contribution < 1.29 is 9.21 Å². The van der Waals surface area contributed by atoms with Crippen LogP contribution in [0.1, 0.15) is 54.1 Å². The number of rotatable bonds is 4. The standard InChI is InChI=1S/C17H20N2O2/c1-11(2)14-6-8-15(9-7-14)17(20)19-18-13(4)16-10-5-12(3)21-16/h5-11H,1-4H3,(H,19,20). The third-order valence-corrected chi connectivity index (χ3v) is 3.26. The number of hydrogen-bond donors (Lipinski definition) is 1. The Kier molecular flexibility index (Phi) is 4.58. The largest absolute Gasteiger partial charge is 0.460 e. The van der Waals surface area contributed by atoms with Crippen LogP contribution in [0.4, 0.5) is 0 Å². The van der Waals surface area contributed by atoms with Crippen LogP contribution in [0.3, 0.4) is 0 Å². The molecule has 0 fully saturated rings. The van der Waals surface area contributed by atoms with Crippen molar-refractivity contribution in [1.82, 2.24) is 5.43 Å². The molecule has 1 N–H and O–H groups in total. The van der Waals surface area contributed by atoms with Crippen molar-refractivity contribution in [1.29, 1.82) is 0 Å². The van der Waals surface area contributed by atoms with Gasteiger partial charge in [0.2, 0.25) is 0 Å². The molecule has 4 nitrogen and oxygen atoms in total. The summed E-state index contributed by atoms with van der Waals surface area (Å²) >= 11 is 0. The van der Waals surface area contributed by atoms with Crippen LogP contribution in [-0.2, 0) is 0 Å². The molecule has 0 saturated heterocycles. The first-order chi connectivity index (χ1) is 9.97. The SMILES string of the molecule is CC(=NNC(=O)c1ccc(C(C)C)cc1)c1ccc(C)o1. The number of amides is 1. The summed E-state index contributed by atoms with van der Waals surface area (Å²) < 4.78 is 5.44. The summed E-state index contributed by atoms with van der Waals surface area (Å²) in [4.78, 5) is 12.0. The fourth-order valence-corrected chi connectivity index (χ4v) is 1.90. The summed E-state index contributed by atoms with van der Waals surface area (Å²) in [6, 6.07) is 11.2. The first-order valence-corrected chi connectivity index (χ1v) is 6.99. The average Bonchev–Trinajstić information content (AvgIpc) is 2.91. The zero-order chi connectivity index (χ0) is 15.4. The Bertz CT molecular complexity index is 652. The molecule has 2 rings (SSSR count). The molecule has 2 aromatic rings. The van der Waals surface area contributed by atoms with E-state index in [1.165, 1.54) is 5.56 Å². The smallest absolute Gasteiger partial charge is 0.271 e. The van der Waals surface area contributed by atoms with E-state index in [1.54, 1.807) is 6.92 Å². The van der Waals surface area contributed by atoms with E-state index in [0.29, 0.717) is 23.0 Å². The van der Waals surface area contributed by atoms with Gasteiger partial charge in [-0.2, -0.15) is 5.10 Å². The first-order valence-electron chi connectivity index (χ1n) is 6.99. The number of nitrogens with zero attached hydrogens (tertiary/aromatic N) is 1. The average molecular weight is 284 g/mol. The minimum Gasteiger partial charge on any atom is -0.460 e. The number of aryl methyl sites for hydroxylation is 1. The maximum Gasteiger partial charge on any atom is 0.271 e. The van der Waals surface area contributed by atoms with Crippen molar-refractivity contribution in [3.05, 3.63) is 59.0 Å². The maximum atomic E-state index is 12.0. The molecule has 0 aliphatic rings. The van der Waals surface area contributed by atoms with Gasteiger partial charge in [0.05, 0.1) is 0 Å². The normalized spacial score (nSPS) is 11.8. The molecule has 0 spiro atoms. The third kappa shape index (κ3) is 3.81. The van der Waals surface area contributed by atoms with Crippen molar-refractivity contribution in [2.24, 2.45) is 5.10 Å². The molecule has 0 radical (unpaired) electrons. The van der Waals surface area contributed by atoms with Crippen LogP contribution < -0.4 is 5.43 Å². The van der Waals surface area contributed by atoms with Gasteiger partial charge >= 0.3 is 0 Å². The molecule has 0 aliphatic heterocycles. The highest BCUT2D eigenvalue weighted by molar-refractivity contribution is 5.99. The highest BCUT2D eigenvalue weighted by Crippen LogP contribution is 2.14. The summed E-state index contributed by atoms with van der Waals surface area (Å²) in [5.74, 6) is 1.69. The van der Waals surface area contributed by atoms with Crippen LogP contribution >= 0.6 is 0 Å². The van der Waals surface area contributed by atoms with E-state index < -0.39 is 0 Å². The zero-order valence-electron chi connectivity index (χ0n) is 12.8. The van der Waals surface area contributed by atoms with Crippen LogP contribution in [0.2, 0.25) is 0 Å². The van der Waals surface area contributed by atoms with Crippen molar-refractivity contribution in [2.45, 2.75) is 33.6 Å². The number of carbonyl (C=O) groups is 1. The summed E-state index contributed by atoms with van der Waals surface area (Å²) in [5.41, 5.74) is 4.97. The van der Waals surface area contributed by atoms with Gasteiger partial charge in [-0.1, -0.05) is 26.0 Å². The lowest BCUT2D eigenvalue weighted by atomic mass is 10.0. The Balaban J connectivity index is 2.04. The first kappa shape index (κ1) is 15.0. The molecule has 21 heavy (non-hydrogen) atoms. The maximum absolute atomic E-state index is 12.0. The van der Waals surface area contributed by atoms with Crippen molar-refractivity contribution in [3.63, 3.8) is 0 Å². The Hall–Kier alpha value is -2.36. The second-order valence-electron chi connectivity index (χ2n) is 5.33. The molecule has 1 amide bonds. The summed E-state index contributed by atoms with van der Waals surface area (Å²) in [6.45, 7) is 7.90. The van der Waals surface area contributed by atoms with Gasteiger partial charge in [-0.3, -0.25) is 4.79 Å². The van der Waals surface area contributed by atoms with Gasteiger partial charge in [0.15, 0.2) is 0 Å². The van der Waals surface area contributed by atoms with E-state index in [9.17, 15) is 4.79 Å². The highest BCUT2D eigenvalue weighted by atomic mass is 16.3. The molecule has 1 heterocycles. The molecule has 0 atom stereocenters. The molecule has 0 saturated carbocycles. The summed E-state index contributed by atoms with van der Waals surface area (Å²) in [6.07, 6.45) is 0. The minimum absolute atomic E-state index is 0.229. The highest BCUT2D eigenvalue weighted by Gasteiger charge is 2.07. The van der Waals surface area contributed by atoms with Crippen molar-refractivity contribution in [3.8, 4) is 0 Å². The minimum atomic E-state index is -0.229. The fourth-order valence-electron chi connectivity index (χ4n) is 1.90. The second-order valence-corrected chi connectivity index (χ2v) is 5.33. The van der Waals surface area contributed by atoms with Crippen molar-refractivity contribution in [2.75, 3.05) is 0 Å². The molecule has 1 aromatic carbocycles. The Morgan fingerprint density at radius 2 is 1.81 bits per heavy atom. The molecule has 0 aliphatic carbocycles. The van der Waals surface area contributed by atoms with Gasteiger partial charge in [0, 0.05) is 5.56 Å². The van der Waals surface area contributed by atoms with E-state index in [2.05, 4.69) is 24.4 Å². The van der Waals surface area contributed by atoms with E-state index in [4.69, 9.17) is 4.42 Å². The summed E-state index contributed by atoms with van der Waals surface area (Å²) in [7, 11) is 0. The number of furan rings is 1. The van der Waals surface area contributed by atoms with Crippen LogP contribution in [0, 0.1) is 6.92 Å². The lowest BCUT2D eigenvalue weighted by Gasteiger charge is -2.06. The molecular formula is C17H20N2O2. The van der Waals surface area contributed by atoms with E-state index in [0.717, 1.165) is 5.76 Å². The van der Waals surface area contributed by atoms with E-state index in [-0.39, 0.29) is 5.91 Å². The van der Waals surface area contributed by atoms with Gasteiger partial charge in [-0.25, -0.2) is 5.43 Å². The Labute approximate surface area is 124 Å². The molecular weight excluding hydrogens is 264 g/mol. The van der Waals surface area contributed by atoms with E-state index in [1.807, 2.05) is 43.3 Å². The number of carbonyl (C=O) groups excluding carboxylic acids is 1. The zero-order valence-corrected chi connectivity index (χ0v) is 12.8. The van der Waals surface area contributed by atoms with Gasteiger partial charge in [0.25, 0.3) is 5.91 Å². The van der Waals surface area contributed by atoms with Gasteiger partial charge in [-0.05, 0) is 49.6 Å². The van der Waals surface area contributed by atoms with Gasteiger partial charge in [-0.15, -0.1) is 0 Å². The predicted molar refractivity (Wildman–Crippen MR) is 83.7 cm³/mol. The van der Waals surface area contributed by atoms with E-state index >= 15 is 0 Å². The van der Waals surface area contributed by atoms with Gasteiger partial charge in [0.1, 0.15) is 17.2 Å². The van der Waals surface area contributed by atoms with Crippen LogP contribution in [0.15, 0.2) is 45.9 Å². The second kappa shape index (κ2) is 6.39. The van der Waals surface area contributed by atoms with Crippen LogP contribution in [0.25, 0.3) is 0 Å². The molecule has 4 heteroatoms.